The average Bonchev–Trinajstić information content (AvgIpc) is 2.05. The van der Waals surface area contributed by atoms with E-state index in [1.165, 1.54) is 0 Å². The highest BCUT2D eigenvalue weighted by molar-refractivity contribution is 5.73. The summed E-state index contributed by atoms with van der Waals surface area (Å²) in [6.45, 7) is 1.74. The first kappa shape index (κ1) is 9.44. The lowest BCUT2D eigenvalue weighted by Crippen LogP contribution is -2.50. The molecule has 12 heavy (non-hydrogen) atoms. The largest absolute Gasteiger partial charge is 0.480 e. The minimum absolute atomic E-state index is 0.0101. The number of β-amino-alcohol motifs (C(OH)–C–C–N with tert-alkyl or cyclic N) is 1. The number of hydrogen-bond acceptors (Lipinski definition) is 4. The Kier molecular flexibility index (Phi) is 3.46. The van der Waals surface area contributed by atoms with E-state index in [-0.39, 0.29) is 13.2 Å². The number of rotatable bonds is 3. The third-order valence-electron chi connectivity index (χ3n) is 1.91. The first-order valence-electron chi connectivity index (χ1n) is 3.91. The Morgan fingerprint density at radius 3 is 3.00 bits per heavy atom. The van der Waals surface area contributed by atoms with Crippen LogP contribution in [-0.4, -0.2) is 60.0 Å². The Balaban J connectivity index is 2.48. The van der Waals surface area contributed by atoms with E-state index >= 15 is 0 Å². The molecule has 0 aromatic carbocycles. The molecule has 1 aliphatic heterocycles. The molecule has 70 valence electrons. The van der Waals surface area contributed by atoms with Crippen molar-refractivity contribution in [3.05, 3.63) is 0 Å². The van der Waals surface area contributed by atoms with Gasteiger partial charge in [-0.25, -0.2) is 0 Å². The predicted molar refractivity (Wildman–Crippen MR) is 40.9 cm³/mol. The molecule has 0 aromatic heterocycles. The SMILES string of the molecule is O=C(O)C1COCCN1CCO. The summed E-state index contributed by atoms with van der Waals surface area (Å²) in [4.78, 5) is 12.4. The summed E-state index contributed by atoms with van der Waals surface area (Å²) in [6.07, 6.45) is 0. The topological polar surface area (TPSA) is 70.0 Å². The van der Waals surface area contributed by atoms with Crippen molar-refractivity contribution in [3.63, 3.8) is 0 Å². The van der Waals surface area contributed by atoms with E-state index < -0.39 is 12.0 Å². The molecule has 1 aliphatic rings. The van der Waals surface area contributed by atoms with Crippen molar-refractivity contribution in [2.24, 2.45) is 0 Å². The molecule has 2 N–H and O–H groups in total. The van der Waals surface area contributed by atoms with Crippen molar-refractivity contribution in [1.82, 2.24) is 4.90 Å². The van der Waals surface area contributed by atoms with Crippen molar-refractivity contribution >= 4 is 5.97 Å². The van der Waals surface area contributed by atoms with Crippen LogP contribution in [0.2, 0.25) is 0 Å². The summed E-state index contributed by atoms with van der Waals surface area (Å²) in [7, 11) is 0. The Bertz CT molecular complexity index is 159. The molecule has 0 spiro atoms. The van der Waals surface area contributed by atoms with Gasteiger partial charge in [0.2, 0.25) is 0 Å². The van der Waals surface area contributed by atoms with Crippen molar-refractivity contribution < 1.29 is 19.7 Å². The van der Waals surface area contributed by atoms with Gasteiger partial charge in [-0.05, 0) is 0 Å². The molecule has 1 saturated heterocycles. The number of morpholine rings is 1. The lowest BCUT2D eigenvalue weighted by atomic mass is 10.2. The Morgan fingerprint density at radius 2 is 2.42 bits per heavy atom. The molecule has 1 rings (SSSR count). The monoisotopic (exact) mass is 175 g/mol. The fourth-order valence-electron chi connectivity index (χ4n) is 1.26. The van der Waals surface area contributed by atoms with E-state index in [0.29, 0.717) is 19.7 Å². The zero-order valence-corrected chi connectivity index (χ0v) is 6.77. The molecule has 0 bridgehead atoms. The van der Waals surface area contributed by atoms with Crippen LogP contribution in [0.5, 0.6) is 0 Å². The van der Waals surface area contributed by atoms with Gasteiger partial charge in [-0.3, -0.25) is 9.69 Å². The molecule has 0 saturated carbocycles. The number of aliphatic hydroxyl groups is 1. The molecule has 1 atom stereocenters. The number of carboxylic acids is 1. The second kappa shape index (κ2) is 4.39. The van der Waals surface area contributed by atoms with Gasteiger partial charge in [-0.15, -0.1) is 0 Å². The van der Waals surface area contributed by atoms with E-state index in [9.17, 15) is 4.79 Å². The van der Waals surface area contributed by atoms with Crippen LogP contribution in [0.15, 0.2) is 0 Å². The fraction of sp³-hybridized carbons (Fsp3) is 0.857. The minimum atomic E-state index is -0.886. The standard InChI is InChI=1S/C7H13NO4/c9-3-1-8-2-4-12-5-6(8)7(10)11/h6,9H,1-5H2,(H,10,11). The maximum Gasteiger partial charge on any atom is 0.323 e. The van der Waals surface area contributed by atoms with Crippen LogP contribution >= 0.6 is 0 Å². The molecule has 0 amide bonds. The van der Waals surface area contributed by atoms with Gasteiger partial charge < -0.3 is 14.9 Å². The van der Waals surface area contributed by atoms with Crippen LogP contribution in [0, 0.1) is 0 Å². The first-order valence-corrected chi connectivity index (χ1v) is 3.91. The highest BCUT2D eigenvalue weighted by Crippen LogP contribution is 2.05. The highest BCUT2D eigenvalue weighted by Gasteiger charge is 2.28. The number of ether oxygens (including phenoxy) is 1. The Hall–Kier alpha value is -0.650. The van der Waals surface area contributed by atoms with E-state index in [4.69, 9.17) is 14.9 Å². The highest BCUT2D eigenvalue weighted by atomic mass is 16.5. The second-order valence-corrected chi connectivity index (χ2v) is 2.69. The lowest BCUT2D eigenvalue weighted by Gasteiger charge is -2.31. The summed E-state index contributed by atoms with van der Waals surface area (Å²) in [6, 6.07) is -0.592. The number of aliphatic hydroxyl groups excluding tert-OH is 1. The van der Waals surface area contributed by atoms with Crippen molar-refractivity contribution in [3.8, 4) is 0 Å². The molecule has 1 heterocycles. The van der Waals surface area contributed by atoms with Gasteiger partial charge in [0.1, 0.15) is 6.04 Å². The van der Waals surface area contributed by atoms with Crippen LogP contribution in [0.1, 0.15) is 0 Å². The molecule has 0 aromatic rings. The van der Waals surface area contributed by atoms with Gasteiger partial charge in [-0.1, -0.05) is 0 Å². The summed E-state index contributed by atoms with van der Waals surface area (Å²) in [5.41, 5.74) is 0. The lowest BCUT2D eigenvalue weighted by molar-refractivity contribution is -0.149. The van der Waals surface area contributed by atoms with Gasteiger partial charge in [-0.2, -0.15) is 0 Å². The van der Waals surface area contributed by atoms with Gasteiger partial charge in [0.05, 0.1) is 19.8 Å². The quantitative estimate of drug-likeness (QED) is 0.561. The van der Waals surface area contributed by atoms with Crippen molar-refractivity contribution in [2.75, 3.05) is 32.9 Å². The third kappa shape index (κ3) is 2.17. The summed E-state index contributed by atoms with van der Waals surface area (Å²) in [5.74, 6) is -0.886. The normalized spacial score (nSPS) is 25.6. The molecular formula is C7H13NO4. The minimum Gasteiger partial charge on any atom is -0.480 e. The van der Waals surface area contributed by atoms with Crippen LogP contribution < -0.4 is 0 Å². The maximum atomic E-state index is 10.6. The Morgan fingerprint density at radius 1 is 1.67 bits per heavy atom. The average molecular weight is 175 g/mol. The van der Waals surface area contributed by atoms with Crippen LogP contribution in [0.25, 0.3) is 0 Å². The molecular weight excluding hydrogens is 162 g/mol. The number of hydrogen-bond donors (Lipinski definition) is 2. The predicted octanol–water partition coefficient (Wildman–Crippen LogP) is -1.24. The molecule has 5 heteroatoms. The van der Waals surface area contributed by atoms with Gasteiger partial charge >= 0.3 is 5.97 Å². The van der Waals surface area contributed by atoms with Crippen molar-refractivity contribution in [1.29, 1.82) is 0 Å². The summed E-state index contributed by atoms with van der Waals surface area (Å²) >= 11 is 0. The zero-order chi connectivity index (χ0) is 8.97. The fourth-order valence-corrected chi connectivity index (χ4v) is 1.26. The van der Waals surface area contributed by atoms with Crippen LogP contribution in [-0.2, 0) is 9.53 Å². The molecule has 0 radical (unpaired) electrons. The van der Waals surface area contributed by atoms with Crippen LogP contribution in [0.3, 0.4) is 0 Å². The van der Waals surface area contributed by atoms with E-state index in [1.807, 2.05) is 0 Å². The van der Waals surface area contributed by atoms with Gasteiger partial charge in [0, 0.05) is 13.1 Å². The van der Waals surface area contributed by atoms with Gasteiger partial charge in [0.15, 0.2) is 0 Å². The molecule has 1 unspecified atom stereocenters. The number of aliphatic carboxylic acids is 1. The van der Waals surface area contributed by atoms with Crippen LogP contribution in [0.4, 0.5) is 0 Å². The summed E-state index contributed by atoms with van der Waals surface area (Å²) < 4.78 is 5.02. The number of nitrogens with zero attached hydrogens (tertiary/aromatic N) is 1. The zero-order valence-electron chi connectivity index (χ0n) is 6.77. The smallest absolute Gasteiger partial charge is 0.323 e. The third-order valence-corrected chi connectivity index (χ3v) is 1.91. The molecule has 1 fully saturated rings. The number of carboxylic acid groups (broad SMARTS) is 1. The van der Waals surface area contributed by atoms with E-state index in [2.05, 4.69) is 0 Å². The summed E-state index contributed by atoms with van der Waals surface area (Å²) in [5, 5.41) is 17.4. The van der Waals surface area contributed by atoms with Crippen molar-refractivity contribution in [2.45, 2.75) is 6.04 Å². The van der Waals surface area contributed by atoms with E-state index in [1.54, 1.807) is 4.90 Å². The first-order chi connectivity index (χ1) is 5.75. The number of carbonyl (C=O) groups is 1. The van der Waals surface area contributed by atoms with Gasteiger partial charge in [0.25, 0.3) is 0 Å². The molecule has 0 aliphatic carbocycles. The molecule has 5 nitrogen and oxygen atoms in total. The Labute approximate surface area is 70.5 Å². The van der Waals surface area contributed by atoms with E-state index in [0.717, 1.165) is 0 Å². The second-order valence-electron chi connectivity index (χ2n) is 2.69. The maximum absolute atomic E-state index is 10.6.